The minimum atomic E-state index is -4.63. The molecule has 0 aromatic heterocycles. The van der Waals surface area contributed by atoms with E-state index in [2.05, 4.69) is 20.7 Å². The van der Waals surface area contributed by atoms with Gasteiger partial charge in [0.25, 0.3) is 0 Å². The van der Waals surface area contributed by atoms with E-state index in [1.165, 1.54) is 0 Å². The summed E-state index contributed by atoms with van der Waals surface area (Å²) in [5.41, 5.74) is 1.10. The van der Waals surface area contributed by atoms with Gasteiger partial charge in [-0.15, -0.1) is 13.2 Å². The smallest absolute Gasteiger partial charge is 0.405 e. The summed E-state index contributed by atoms with van der Waals surface area (Å²) in [5, 5.41) is 0.756. The van der Waals surface area contributed by atoms with Crippen molar-refractivity contribution in [3.63, 3.8) is 0 Å². The van der Waals surface area contributed by atoms with Gasteiger partial charge in [0.05, 0.1) is 0 Å². The number of para-hydroxylation sites is 1. The van der Waals surface area contributed by atoms with Crippen molar-refractivity contribution in [2.75, 3.05) is 5.33 Å². The zero-order chi connectivity index (χ0) is 12.2. The average Bonchev–Trinajstić information content (AvgIpc) is 2.17. The lowest BCUT2D eigenvalue weighted by molar-refractivity contribution is -0.275. The van der Waals surface area contributed by atoms with E-state index in [-0.39, 0.29) is 5.75 Å². The number of aryl methyl sites for hydroxylation is 2. The van der Waals surface area contributed by atoms with E-state index in [1.807, 2.05) is 0 Å². The predicted molar refractivity (Wildman–Crippen MR) is 60.0 cm³/mol. The van der Waals surface area contributed by atoms with Crippen LogP contribution in [0.1, 0.15) is 17.5 Å². The Hall–Kier alpha value is -0.710. The van der Waals surface area contributed by atoms with Crippen molar-refractivity contribution in [3.8, 4) is 5.75 Å². The lowest BCUT2D eigenvalue weighted by Crippen LogP contribution is -2.19. The molecule has 0 amide bonds. The zero-order valence-electron chi connectivity index (χ0n) is 8.77. The highest BCUT2D eigenvalue weighted by molar-refractivity contribution is 9.09. The van der Waals surface area contributed by atoms with Crippen molar-refractivity contribution in [2.24, 2.45) is 0 Å². The number of benzene rings is 1. The lowest BCUT2D eigenvalue weighted by Gasteiger charge is -2.15. The Morgan fingerprint density at radius 2 is 2.00 bits per heavy atom. The summed E-state index contributed by atoms with van der Waals surface area (Å²) in [4.78, 5) is 0. The highest BCUT2D eigenvalue weighted by atomic mass is 79.9. The standard InChI is InChI=1S/C11H12BrF3O/c1-8-4-2-5-9(6-3-7-12)10(8)16-11(13,14)15/h2,4-5H,3,6-7H2,1H3. The molecule has 0 aliphatic carbocycles. The summed E-state index contributed by atoms with van der Waals surface area (Å²) in [6.45, 7) is 1.61. The molecular weight excluding hydrogens is 285 g/mol. The van der Waals surface area contributed by atoms with Crippen LogP contribution < -0.4 is 4.74 Å². The van der Waals surface area contributed by atoms with Crippen LogP contribution in [-0.2, 0) is 6.42 Å². The SMILES string of the molecule is Cc1cccc(CCCBr)c1OC(F)(F)F. The van der Waals surface area contributed by atoms with Crippen molar-refractivity contribution in [2.45, 2.75) is 26.1 Å². The summed E-state index contributed by atoms with van der Waals surface area (Å²) in [5.74, 6) is -0.0593. The Labute approximate surface area is 101 Å². The maximum absolute atomic E-state index is 12.2. The van der Waals surface area contributed by atoms with Gasteiger partial charge in [0.15, 0.2) is 0 Å². The van der Waals surface area contributed by atoms with Gasteiger partial charge in [-0.3, -0.25) is 0 Å². The Morgan fingerprint density at radius 3 is 2.56 bits per heavy atom. The van der Waals surface area contributed by atoms with Crippen molar-refractivity contribution in [3.05, 3.63) is 29.3 Å². The molecule has 0 radical (unpaired) electrons. The highest BCUT2D eigenvalue weighted by Crippen LogP contribution is 2.30. The van der Waals surface area contributed by atoms with E-state index in [0.29, 0.717) is 17.5 Å². The molecular formula is C11H12BrF3O. The van der Waals surface area contributed by atoms with Gasteiger partial charge in [-0.1, -0.05) is 34.1 Å². The molecule has 1 nitrogen and oxygen atoms in total. The summed E-state index contributed by atoms with van der Waals surface area (Å²) < 4.78 is 40.6. The van der Waals surface area contributed by atoms with Gasteiger partial charge in [-0.25, -0.2) is 0 Å². The second-order valence-electron chi connectivity index (χ2n) is 3.40. The molecule has 1 rings (SSSR count). The fourth-order valence-corrected chi connectivity index (χ4v) is 1.71. The van der Waals surface area contributed by atoms with E-state index in [1.54, 1.807) is 25.1 Å². The Bertz CT molecular complexity index is 350. The topological polar surface area (TPSA) is 9.23 Å². The molecule has 0 aliphatic rings. The van der Waals surface area contributed by atoms with Crippen LogP contribution in [-0.4, -0.2) is 11.7 Å². The van der Waals surface area contributed by atoms with Gasteiger partial charge < -0.3 is 4.74 Å². The maximum Gasteiger partial charge on any atom is 0.573 e. The van der Waals surface area contributed by atoms with E-state index in [4.69, 9.17) is 0 Å². The first kappa shape index (κ1) is 13.4. The van der Waals surface area contributed by atoms with Crippen LogP contribution >= 0.6 is 15.9 Å². The molecule has 0 unspecified atom stereocenters. The van der Waals surface area contributed by atoms with E-state index < -0.39 is 6.36 Å². The quantitative estimate of drug-likeness (QED) is 0.756. The number of halogens is 4. The first-order valence-corrected chi connectivity index (χ1v) is 5.96. The summed E-state index contributed by atoms with van der Waals surface area (Å²) in [6.07, 6.45) is -3.29. The number of rotatable bonds is 4. The molecule has 1 aromatic carbocycles. The molecule has 0 aliphatic heterocycles. The molecule has 0 heterocycles. The van der Waals surface area contributed by atoms with Crippen LogP contribution in [0.3, 0.4) is 0 Å². The van der Waals surface area contributed by atoms with Gasteiger partial charge in [-0.05, 0) is 30.9 Å². The minimum absolute atomic E-state index is 0.0593. The molecule has 90 valence electrons. The van der Waals surface area contributed by atoms with Gasteiger partial charge in [0.1, 0.15) is 5.75 Å². The van der Waals surface area contributed by atoms with Gasteiger partial charge in [-0.2, -0.15) is 0 Å². The molecule has 0 saturated carbocycles. The molecule has 0 atom stereocenters. The first-order chi connectivity index (χ1) is 7.44. The summed E-state index contributed by atoms with van der Waals surface area (Å²) >= 11 is 3.25. The third-order valence-electron chi connectivity index (χ3n) is 2.09. The van der Waals surface area contributed by atoms with Gasteiger partial charge >= 0.3 is 6.36 Å². The number of alkyl halides is 4. The number of ether oxygens (including phenoxy) is 1. The Balaban J connectivity index is 2.94. The molecule has 16 heavy (non-hydrogen) atoms. The second kappa shape index (κ2) is 5.57. The first-order valence-electron chi connectivity index (χ1n) is 4.84. The molecule has 0 N–H and O–H groups in total. The summed E-state index contributed by atoms with van der Waals surface area (Å²) in [6, 6.07) is 5.01. The Kier molecular flexibility index (Phi) is 4.65. The zero-order valence-corrected chi connectivity index (χ0v) is 10.4. The third-order valence-corrected chi connectivity index (χ3v) is 2.65. The van der Waals surface area contributed by atoms with Crippen LogP contribution in [0.15, 0.2) is 18.2 Å². The monoisotopic (exact) mass is 296 g/mol. The molecule has 0 spiro atoms. The lowest BCUT2D eigenvalue weighted by atomic mass is 10.1. The van der Waals surface area contributed by atoms with Crippen LogP contribution in [0.2, 0.25) is 0 Å². The molecule has 0 saturated heterocycles. The summed E-state index contributed by atoms with van der Waals surface area (Å²) in [7, 11) is 0. The molecule has 1 aromatic rings. The molecule has 5 heteroatoms. The predicted octanol–water partition coefficient (Wildman–Crippen LogP) is 4.22. The minimum Gasteiger partial charge on any atom is -0.405 e. The van der Waals surface area contributed by atoms with E-state index in [9.17, 15) is 13.2 Å². The largest absolute Gasteiger partial charge is 0.573 e. The molecule has 0 fully saturated rings. The van der Waals surface area contributed by atoms with Crippen LogP contribution in [0.25, 0.3) is 0 Å². The van der Waals surface area contributed by atoms with Crippen molar-refractivity contribution < 1.29 is 17.9 Å². The van der Waals surface area contributed by atoms with Crippen molar-refractivity contribution in [1.82, 2.24) is 0 Å². The van der Waals surface area contributed by atoms with Crippen LogP contribution in [0.4, 0.5) is 13.2 Å². The van der Waals surface area contributed by atoms with E-state index in [0.717, 1.165) is 11.8 Å². The fraction of sp³-hybridized carbons (Fsp3) is 0.455. The van der Waals surface area contributed by atoms with Gasteiger partial charge in [0.2, 0.25) is 0 Å². The van der Waals surface area contributed by atoms with Crippen molar-refractivity contribution in [1.29, 1.82) is 0 Å². The number of hydrogen-bond donors (Lipinski definition) is 0. The number of hydrogen-bond acceptors (Lipinski definition) is 1. The van der Waals surface area contributed by atoms with Gasteiger partial charge in [0, 0.05) is 5.33 Å². The fourth-order valence-electron chi connectivity index (χ4n) is 1.43. The Morgan fingerprint density at radius 1 is 1.31 bits per heavy atom. The normalized spacial score (nSPS) is 11.6. The van der Waals surface area contributed by atoms with Crippen molar-refractivity contribution >= 4 is 15.9 Å². The van der Waals surface area contributed by atoms with Crippen LogP contribution in [0.5, 0.6) is 5.75 Å². The van der Waals surface area contributed by atoms with E-state index >= 15 is 0 Å². The average molecular weight is 297 g/mol. The third kappa shape index (κ3) is 4.04. The van der Waals surface area contributed by atoms with Crippen LogP contribution in [0, 0.1) is 6.92 Å². The highest BCUT2D eigenvalue weighted by Gasteiger charge is 2.32. The second-order valence-corrected chi connectivity index (χ2v) is 4.20. The molecule has 0 bridgehead atoms. The maximum atomic E-state index is 12.2.